The van der Waals surface area contributed by atoms with Gasteiger partial charge >= 0.3 is 0 Å². The topological polar surface area (TPSA) is 78.4 Å². The molecule has 2 N–H and O–H groups in total. The predicted molar refractivity (Wildman–Crippen MR) is 99.9 cm³/mol. The summed E-state index contributed by atoms with van der Waals surface area (Å²) in [6.07, 6.45) is 4.41. The summed E-state index contributed by atoms with van der Waals surface area (Å²) in [5, 5.41) is 11.5. The van der Waals surface area contributed by atoms with Gasteiger partial charge in [-0.15, -0.1) is 0 Å². The van der Waals surface area contributed by atoms with Crippen molar-refractivity contribution in [2.24, 2.45) is 0 Å². The van der Waals surface area contributed by atoms with Crippen LogP contribution in [0, 0.1) is 0 Å². The van der Waals surface area contributed by atoms with Gasteiger partial charge in [0, 0.05) is 36.0 Å². The second kappa shape index (κ2) is 7.03. The highest BCUT2D eigenvalue weighted by molar-refractivity contribution is 5.76. The number of aliphatic hydroxyl groups is 1. The third kappa shape index (κ3) is 3.17. The van der Waals surface area contributed by atoms with Gasteiger partial charge in [-0.05, 0) is 38.2 Å². The summed E-state index contributed by atoms with van der Waals surface area (Å²) in [6, 6.07) is 8.64. The number of rotatable bonds is 5. The maximum Gasteiger partial charge on any atom is 0.245 e. The molecule has 0 saturated carbocycles. The molecule has 1 fully saturated rings. The zero-order chi connectivity index (χ0) is 18.1. The summed E-state index contributed by atoms with van der Waals surface area (Å²) in [7, 11) is 0. The third-order valence-corrected chi connectivity index (χ3v) is 5.36. The largest absolute Gasteiger partial charge is 0.387 e. The molecule has 26 heavy (non-hydrogen) atoms. The summed E-state index contributed by atoms with van der Waals surface area (Å²) in [5.41, 5.74) is 5.62. The van der Waals surface area contributed by atoms with Crippen molar-refractivity contribution in [3.8, 4) is 11.3 Å². The molecular formula is C20H24N4O2. The average molecular weight is 352 g/mol. The zero-order valence-corrected chi connectivity index (χ0v) is 15.0. The van der Waals surface area contributed by atoms with Gasteiger partial charge in [-0.2, -0.15) is 0 Å². The molecule has 1 aromatic carbocycles. The summed E-state index contributed by atoms with van der Waals surface area (Å²) < 4.78 is 0. The maximum atomic E-state index is 11.2. The highest BCUT2D eigenvalue weighted by Gasteiger charge is 2.29. The van der Waals surface area contributed by atoms with Crippen molar-refractivity contribution in [1.29, 1.82) is 0 Å². The second-order valence-electron chi connectivity index (χ2n) is 7.11. The first-order valence-corrected chi connectivity index (χ1v) is 9.29. The normalized spacial score (nSPS) is 18.4. The molecule has 4 rings (SSSR count). The van der Waals surface area contributed by atoms with E-state index in [9.17, 15) is 4.79 Å². The number of hydrogen-bond acceptors (Lipinski definition) is 5. The molecule has 6 nitrogen and oxygen atoms in total. The van der Waals surface area contributed by atoms with Gasteiger partial charge in [0.1, 0.15) is 6.61 Å². The molecule has 0 unspecified atom stereocenters. The molecule has 0 spiro atoms. The Morgan fingerprint density at radius 1 is 1.27 bits per heavy atom. The van der Waals surface area contributed by atoms with E-state index in [2.05, 4.69) is 29.3 Å². The maximum absolute atomic E-state index is 11.2. The first kappa shape index (κ1) is 17.0. The van der Waals surface area contributed by atoms with Gasteiger partial charge in [-0.25, -0.2) is 9.97 Å². The summed E-state index contributed by atoms with van der Waals surface area (Å²) in [6.45, 7) is 3.18. The Hall–Kier alpha value is -2.47. The number of carbonyl (C=O) groups excluding carboxylic acids is 1. The van der Waals surface area contributed by atoms with Crippen LogP contribution in [0.4, 0.5) is 5.95 Å². The van der Waals surface area contributed by atoms with Crippen molar-refractivity contribution in [3.63, 3.8) is 0 Å². The van der Waals surface area contributed by atoms with Crippen molar-refractivity contribution < 1.29 is 9.90 Å². The van der Waals surface area contributed by atoms with E-state index < -0.39 is 6.61 Å². The van der Waals surface area contributed by atoms with Crippen molar-refractivity contribution in [3.05, 3.63) is 41.1 Å². The van der Waals surface area contributed by atoms with Crippen LogP contribution in [-0.2, 0) is 24.2 Å². The Balaban J connectivity index is 1.61. The fourth-order valence-electron chi connectivity index (χ4n) is 3.64. The highest BCUT2D eigenvalue weighted by atomic mass is 16.3. The van der Waals surface area contributed by atoms with E-state index in [1.807, 2.05) is 12.1 Å². The first-order valence-electron chi connectivity index (χ1n) is 9.29. The molecule has 136 valence electrons. The molecule has 1 aromatic heterocycles. The number of nitrogens with one attached hydrogen (secondary N) is 1. The average Bonchev–Trinajstić information content (AvgIpc) is 3.13. The Labute approximate surface area is 153 Å². The quantitative estimate of drug-likeness (QED) is 0.858. The van der Waals surface area contributed by atoms with Crippen molar-refractivity contribution in [2.45, 2.75) is 45.2 Å². The number of nitrogens with zero attached hydrogens (tertiary/aromatic N) is 3. The molecule has 0 bridgehead atoms. The Bertz CT molecular complexity index is 819. The van der Waals surface area contributed by atoms with Crippen LogP contribution in [0.5, 0.6) is 0 Å². The number of anilines is 1. The van der Waals surface area contributed by atoms with Crippen LogP contribution in [0.25, 0.3) is 11.3 Å². The summed E-state index contributed by atoms with van der Waals surface area (Å²) >= 11 is 0. The van der Waals surface area contributed by atoms with E-state index in [1.165, 1.54) is 17.7 Å². The molecule has 1 amide bonds. The van der Waals surface area contributed by atoms with Gasteiger partial charge in [0.15, 0.2) is 0 Å². The minimum atomic E-state index is -0.483. The molecule has 2 aromatic rings. The number of amides is 1. The monoisotopic (exact) mass is 352 g/mol. The smallest absolute Gasteiger partial charge is 0.245 e. The molecule has 2 heterocycles. The van der Waals surface area contributed by atoms with E-state index in [-0.39, 0.29) is 5.91 Å². The van der Waals surface area contributed by atoms with Crippen molar-refractivity contribution in [2.75, 3.05) is 18.1 Å². The van der Waals surface area contributed by atoms with Gasteiger partial charge in [-0.3, -0.25) is 4.79 Å². The van der Waals surface area contributed by atoms with Gasteiger partial charge in [0.2, 0.25) is 11.9 Å². The molecule has 2 aliphatic rings. The number of carbonyl (C=O) groups is 1. The van der Waals surface area contributed by atoms with E-state index in [0.717, 1.165) is 48.6 Å². The number of aryl methyl sites for hydroxylation is 1. The van der Waals surface area contributed by atoms with E-state index >= 15 is 0 Å². The number of aliphatic hydroxyl groups excluding tert-OH is 1. The lowest BCUT2D eigenvalue weighted by Crippen LogP contribution is -2.46. The van der Waals surface area contributed by atoms with E-state index in [1.54, 1.807) is 0 Å². The van der Waals surface area contributed by atoms with Crippen LogP contribution in [0.3, 0.4) is 0 Å². The van der Waals surface area contributed by atoms with Crippen LogP contribution in [0.2, 0.25) is 0 Å². The van der Waals surface area contributed by atoms with Crippen LogP contribution in [0.15, 0.2) is 24.3 Å². The molecule has 1 aliphatic carbocycles. The van der Waals surface area contributed by atoms with Crippen LogP contribution < -0.4 is 10.2 Å². The lowest BCUT2D eigenvalue weighted by atomic mass is 10.0. The van der Waals surface area contributed by atoms with Gasteiger partial charge < -0.3 is 15.3 Å². The first-order chi connectivity index (χ1) is 12.7. The van der Waals surface area contributed by atoms with Crippen LogP contribution >= 0.6 is 0 Å². The minimum absolute atomic E-state index is 0.365. The zero-order valence-electron chi connectivity index (χ0n) is 15.0. The van der Waals surface area contributed by atoms with E-state index in [0.29, 0.717) is 12.6 Å². The molecule has 1 aliphatic heterocycles. The van der Waals surface area contributed by atoms with Gasteiger partial charge in [0.05, 0.1) is 5.69 Å². The molecule has 1 saturated heterocycles. The molecule has 0 radical (unpaired) electrons. The molecule has 6 heteroatoms. The Morgan fingerprint density at radius 2 is 2.08 bits per heavy atom. The lowest BCUT2D eigenvalue weighted by molar-refractivity contribution is -0.123. The summed E-state index contributed by atoms with van der Waals surface area (Å²) in [5.74, 6) is 0.495. The minimum Gasteiger partial charge on any atom is -0.387 e. The summed E-state index contributed by atoms with van der Waals surface area (Å²) in [4.78, 5) is 23.2. The molecule has 1 atom stereocenters. The fourth-order valence-corrected chi connectivity index (χ4v) is 3.64. The Morgan fingerprint density at radius 3 is 2.73 bits per heavy atom. The van der Waals surface area contributed by atoms with Gasteiger partial charge in [0.25, 0.3) is 0 Å². The number of hydrogen-bond donors (Lipinski definition) is 2. The fraction of sp³-hybridized carbons (Fsp3) is 0.450. The van der Waals surface area contributed by atoms with Crippen LogP contribution in [0.1, 0.15) is 36.6 Å². The van der Waals surface area contributed by atoms with E-state index in [4.69, 9.17) is 15.1 Å². The third-order valence-electron chi connectivity index (χ3n) is 5.36. The standard InChI is InChI=1S/C20H24N4O2/c1-13-9-10-24(13)20-22-17-4-2-3-16(17)19(23-20)15-7-5-14(6-8-15)11-21-18(26)12-25/h5-8,13,25H,2-4,9-12H2,1H3,(H,21,26)/t13-/m0/s1. The number of aromatic nitrogens is 2. The molecular weight excluding hydrogens is 328 g/mol. The number of benzene rings is 1. The van der Waals surface area contributed by atoms with Crippen LogP contribution in [-0.4, -0.2) is 40.2 Å². The second-order valence-corrected chi connectivity index (χ2v) is 7.11. The Kier molecular flexibility index (Phi) is 4.59. The van der Waals surface area contributed by atoms with Crippen molar-refractivity contribution in [1.82, 2.24) is 15.3 Å². The lowest BCUT2D eigenvalue weighted by Gasteiger charge is -2.39. The number of fused-ring (bicyclic) bond motifs is 1. The SMILES string of the molecule is C[C@H]1CCN1c1nc2c(c(-c3ccc(CNC(=O)CO)cc3)n1)CCC2. The van der Waals surface area contributed by atoms with Gasteiger partial charge in [-0.1, -0.05) is 24.3 Å². The predicted octanol–water partition coefficient (Wildman–Crippen LogP) is 1.84. The van der Waals surface area contributed by atoms with Crippen molar-refractivity contribution >= 4 is 11.9 Å². The highest BCUT2D eigenvalue weighted by Crippen LogP contribution is 2.33.